The van der Waals surface area contributed by atoms with Gasteiger partial charge in [0.2, 0.25) is 11.8 Å². The van der Waals surface area contributed by atoms with Gasteiger partial charge in [0.1, 0.15) is 11.7 Å². The number of sulfonamides is 1. The topological polar surface area (TPSA) is 155 Å². The average Bonchev–Trinajstić information content (AvgIpc) is 2.99. The zero-order valence-electron chi connectivity index (χ0n) is 24.1. The third-order valence-electron chi connectivity index (χ3n) is 7.69. The highest BCUT2D eigenvalue weighted by Gasteiger charge is 2.25. The molecule has 0 radical (unpaired) electrons. The molecule has 0 amide bonds. The summed E-state index contributed by atoms with van der Waals surface area (Å²) in [7, 11) is 2.81. The van der Waals surface area contributed by atoms with Crippen LogP contribution in [0.2, 0.25) is 5.02 Å². The lowest BCUT2D eigenvalue weighted by molar-refractivity contribution is 0.221. The summed E-state index contributed by atoms with van der Waals surface area (Å²) in [5.41, 5.74) is 0.417. The second kappa shape index (κ2) is 12.2. The summed E-state index contributed by atoms with van der Waals surface area (Å²) in [5, 5.41) is 14.2. The van der Waals surface area contributed by atoms with Crippen molar-refractivity contribution in [3.8, 4) is 23.1 Å². The standard InChI is InChI=1S/C29H31ClN8O4S/c1-37(2)20-10-8-19(9-11-20)34-29-33-15-17-12-22(28(39)38(3)26(17)35-29)21-6-5-7-24(23(21)14-31)36-43(40,41)25-13-18(30)16-32-27(25)42-4/h5-7,12-13,15-16,19-20,36H,8-11H2,1-4H3,(H,33,34,35)/t19-,20-. The van der Waals surface area contributed by atoms with Gasteiger partial charge in [-0.05, 0) is 58.0 Å². The summed E-state index contributed by atoms with van der Waals surface area (Å²) in [4.78, 5) is 28.6. The molecule has 0 saturated heterocycles. The van der Waals surface area contributed by atoms with Crippen LogP contribution in [-0.2, 0) is 17.1 Å². The number of nitriles is 1. The highest BCUT2D eigenvalue weighted by Crippen LogP contribution is 2.32. The van der Waals surface area contributed by atoms with Crippen molar-refractivity contribution in [1.82, 2.24) is 24.4 Å². The Hall–Kier alpha value is -4.25. The maximum Gasteiger partial charge on any atom is 0.267 e. The predicted molar refractivity (Wildman–Crippen MR) is 165 cm³/mol. The van der Waals surface area contributed by atoms with Crippen LogP contribution in [0.1, 0.15) is 31.2 Å². The van der Waals surface area contributed by atoms with Crippen LogP contribution in [0.3, 0.4) is 0 Å². The minimum atomic E-state index is -4.27. The van der Waals surface area contributed by atoms with Crippen molar-refractivity contribution in [2.75, 3.05) is 31.2 Å². The third-order valence-corrected chi connectivity index (χ3v) is 9.25. The summed E-state index contributed by atoms with van der Waals surface area (Å²) in [6.45, 7) is 0. The van der Waals surface area contributed by atoms with Crippen molar-refractivity contribution in [3.05, 3.63) is 63.7 Å². The van der Waals surface area contributed by atoms with Gasteiger partial charge in [-0.1, -0.05) is 23.7 Å². The quantitative estimate of drug-likeness (QED) is 0.294. The van der Waals surface area contributed by atoms with E-state index >= 15 is 0 Å². The van der Waals surface area contributed by atoms with E-state index in [1.54, 1.807) is 31.4 Å². The first-order valence-electron chi connectivity index (χ1n) is 13.6. The molecule has 0 bridgehead atoms. The van der Waals surface area contributed by atoms with Crippen LogP contribution < -0.4 is 20.3 Å². The number of aryl methyl sites for hydroxylation is 1. The zero-order valence-corrected chi connectivity index (χ0v) is 25.7. The van der Waals surface area contributed by atoms with Gasteiger partial charge in [-0.25, -0.2) is 18.4 Å². The highest BCUT2D eigenvalue weighted by atomic mass is 35.5. The van der Waals surface area contributed by atoms with E-state index < -0.39 is 15.6 Å². The molecule has 0 spiro atoms. The van der Waals surface area contributed by atoms with Crippen LogP contribution in [0.5, 0.6) is 5.88 Å². The van der Waals surface area contributed by atoms with E-state index in [1.807, 2.05) is 6.07 Å². The molecule has 1 saturated carbocycles. The van der Waals surface area contributed by atoms with Gasteiger partial charge in [-0.3, -0.25) is 14.1 Å². The molecular weight excluding hydrogens is 592 g/mol. The lowest BCUT2D eigenvalue weighted by atomic mass is 9.91. The fourth-order valence-corrected chi connectivity index (χ4v) is 6.80. The first kappa shape index (κ1) is 30.2. The molecule has 0 aliphatic heterocycles. The molecule has 1 aromatic carbocycles. The van der Waals surface area contributed by atoms with Crippen LogP contribution >= 0.6 is 11.6 Å². The van der Waals surface area contributed by atoms with E-state index in [0.29, 0.717) is 23.0 Å². The Morgan fingerprint density at radius 3 is 2.53 bits per heavy atom. The summed E-state index contributed by atoms with van der Waals surface area (Å²) in [6.07, 6.45) is 7.06. The van der Waals surface area contributed by atoms with E-state index in [9.17, 15) is 18.5 Å². The maximum atomic E-state index is 13.6. The molecule has 43 heavy (non-hydrogen) atoms. The SMILES string of the molecule is COc1ncc(Cl)cc1S(=O)(=O)Nc1cccc(-c2cc3cnc(N[C@H]4CC[C@H](N(C)C)CC4)nc3n(C)c2=O)c1C#N. The van der Waals surface area contributed by atoms with E-state index in [-0.39, 0.29) is 44.2 Å². The number of hydrogen-bond acceptors (Lipinski definition) is 10. The van der Waals surface area contributed by atoms with Crippen LogP contribution in [0, 0.1) is 11.3 Å². The van der Waals surface area contributed by atoms with Crippen molar-refractivity contribution in [2.45, 2.75) is 42.7 Å². The number of ether oxygens (including phenoxy) is 1. The molecule has 0 atom stereocenters. The molecule has 4 aromatic rings. The number of fused-ring (bicyclic) bond motifs is 1. The number of methoxy groups -OCH3 is 1. The van der Waals surface area contributed by atoms with Crippen molar-refractivity contribution in [3.63, 3.8) is 0 Å². The van der Waals surface area contributed by atoms with Crippen LogP contribution in [0.15, 0.2) is 52.4 Å². The Labute approximate surface area is 254 Å². The number of halogens is 1. The van der Waals surface area contributed by atoms with Gasteiger partial charge in [-0.15, -0.1) is 0 Å². The first-order chi connectivity index (χ1) is 20.5. The number of nitrogens with one attached hydrogen (secondary N) is 2. The number of hydrogen-bond donors (Lipinski definition) is 2. The Balaban J connectivity index is 1.48. The minimum absolute atomic E-state index is 0.0241. The second-order valence-corrected chi connectivity index (χ2v) is 12.7. The lowest BCUT2D eigenvalue weighted by Gasteiger charge is -2.32. The van der Waals surface area contributed by atoms with Gasteiger partial charge in [-0.2, -0.15) is 10.2 Å². The molecule has 3 heterocycles. The molecule has 0 unspecified atom stereocenters. The molecule has 2 N–H and O–H groups in total. The predicted octanol–water partition coefficient (Wildman–Crippen LogP) is 4.01. The highest BCUT2D eigenvalue weighted by molar-refractivity contribution is 7.92. The minimum Gasteiger partial charge on any atom is -0.480 e. The van der Waals surface area contributed by atoms with E-state index in [1.165, 1.54) is 30.0 Å². The first-order valence-corrected chi connectivity index (χ1v) is 15.4. The molecule has 1 aliphatic rings. The van der Waals surface area contributed by atoms with Crippen molar-refractivity contribution < 1.29 is 13.2 Å². The second-order valence-electron chi connectivity index (χ2n) is 10.6. The fourth-order valence-electron chi connectivity index (χ4n) is 5.36. The summed E-state index contributed by atoms with van der Waals surface area (Å²) >= 11 is 5.99. The summed E-state index contributed by atoms with van der Waals surface area (Å²) in [6, 6.07) is 10.2. The van der Waals surface area contributed by atoms with E-state index in [2.05, 4.69) is 44.0 Å². The normalized spacial score (nSPS) is 17.0. The van der Waals surface area contributed by atoms with Gasteiger partial charge in [0, 0.05) is 48.0 Å². The molecule has 224 valence electrons. The van der Waals surface area contributed by atoms with Gasteiger partial charge < -0.3 is 15.0 Å². The molecule has 3 aromatic heterocycles. The molecular formula is C29H31ClN8O4S. The number of benzene rings is 1. The van der Waals surface area contributed by atoms with Crippen LogP contribution in [0.25, 0.3) is 22.2 Å². The van der Waals surface area contributed by atoms with Gasteiger partial charge in [0.05, 0.1) is 23.4 Å². The molecule has 1 fully saturated rings. The maximum absolute atomic E-state index is 13.6. The van der Waals surface area contributed by atoms with Crippen molar-refractivity contribution in [1.29, 1.82) is 5.26 Å². The van der Waals surface area contributed by atoms with Crippen molar-refractivity contribution >= 4 is 44.3 Å². The average molecular weight is 623 g/mol. The molecule has 14 heteroatoms. The Morgan fingerprint density at radius 1 is 1.12 bits per heavy atom. The lowest BCUT2D eigenvalue weighted by Crippen LogP contribution is -2.36. The smallest absolute Gasteiger partial charge is 0.267 e. The van der Waals surface area contributed by atoms with Crippen molar-refractivity contribution in [2.24, 2.45) is 7.05 Å². The van der Waals surface area contributed by atoms with E-state index in [0.717, 1.165) is 25.7 Å². The number of anilines is 2. The number of aromatic nitrogens is 4. The summed E-state index contributed by atoms with van der Waals surface area (Å²) < 4.78 is 35.5. The number of rotatable bonds is 8. The third kappa shape index (κ3) is 6.13. The zero-order chi connectivity index (χ0) is 30.9. The Kier molecular flexibility index (Phi) is 8.55. The summed E-state index contributed by atoms with van der Waals surface area (Å²) in [5.74, 6) is 0.286. The van der Waals surface area contributed by atoms with E-state index in [4.69, 9.17) is 16.3 Å². The molecule has 5 rings (SSSR count). The monoisotopic (exact) mass is 622 g/mol. The Bertz CT molecular complexity index is 1900. The van der Waals surface area contributed by atoms with Gasteiger partial charge >= 0.3 is 0 Å². The number of nitrogens with zero attached hydrogens (tertiary/aromatic N) is 6. The van der Waals surface area contributed by atoms with Crippen LogP contribution in [0.4, 0.5) is 11.6 Å². The van der Waals surface area contributed by atoms with Gasteiger partial charge in [0.15, 0.2) is 4.90 Å². The van der Waals surface area contributed by atoms with Crippen LogP contribution in [-0.4, -0.2) is 66.1 Å². The largest absolute Gasteiger partial charge is 0.480 e. The molecule has 1 aliphatic carbocycles. The fraction of sp³-hybridized carbons (Fsp3) is 0.345. The number of pyridine rings is 2. The Morgan fingerprint density at radius 2 is 1.86 bits per heavy atom. The van der Waals surface area contributed by atoms with Gasteiger partial charge in [0.25, 0.3) is 15.6 Å². The molecule has 12 nitrogen and oxygen atoms in total.